The fourth-order valence-electron chi connectivity index (χ4n) is 1.84. The topological polar surface area (TPSA) is 103 Å². The van der Waals surface area contributed by atoms with Gasteiger partial charge in [0, 0.05) is 0 Å². The van der Waals surface area contributed by atoms with Crippen molar-refractivity contribution in [3.05, 3.63) is 59.7 Å². The molecule has 0 aliphatic carbocycles. The molecule has 124 valence electrons. The molecule has 7 heteroatoms. The lowest BCUT2D eigenvalue weighted by molar-refractivity contribution is -0.137. The number of hydrogen-bond donors (Lipinski definition) is 2. The summed E-state index contributed by atoms with van der Waals surface area (Å²) in [6.45, 7) is 0.385. The van der Waals surface area contributed by atoms with Gasteiger partial charge in [-0.1, -0.05) is 30.3 Å². The minimum Gasteiger partial charge on any atom is -0.493 e. The molecular weight excluding hydrogens is 310 g/mol. The van der Waals surface area contributed by atoms with Gasteiger partial charge in [-0.25, -0.2) is 5.43 Å². The number of hydrogen-bond acceptors (Lipinski definition) is 5. The molecule has 0 heterocycles. The van der Waals surface area contributed by atoms with Crippen molar-refractivity contribution in [2.24, 2.45) is 10.8 Å². The van der Waals surface area contributed by atoms with Crippen LogP contribution in [0.4, 0.5) is 0 Å². The smallest absolute Gasteiger partial charge is 0.329 e. The Morgan fingerprint density at radius 3 is 2.58 bits per heavy atom. The lowest BCUT2D eigenvalue weighted by Gasteiger charge is -2.11. The summed E-state index contributed by atoms with van der Waals surface area (Å²) in [6.07, 6.45) is 1.37. The summed E-state index contributed by atoms with van der Waals surface area (Å²) in [5.41, 5.74) is 8.51. The summed E-state index contributed by atoms with van der Waals surface area (Å²) in [4.78, 5) is 21.6. The van der Waals surface area contributed by atoms with Crippen molar-refractivity contribution in [1.29, 1.82) is 0 Å². The van der Waals surface area contributed by atoms with Crippen LogP contribution in [0.25, 0.3) is 0 Å². The number of carbonyl (C=O) groups is 2. The van der Waals surface area contributed by atoms with Crippen LogP contribution >= 0.6 is 0 Å². The fraction of sp³-hybridized carbons (Fsp3) is 0.118. The number of primary amides is 1. The molecule has 3 N–H and O–H groups in total. The third kappa shape index (κ3) is 4.84. The zero-order valence-electron chi connectivity index (χ0n) is 13.1. The number of nitrogens with two attached hydrogens (primary N) is 1. The Morgan fingerprint density at radius 2 is 1.92 bits per heavy atom. The maximum atomic E-state index is 11.0. The number of benzene rings is 2. The van der Waals surface area contributed by atoms with Gasteiger partial charge in [-0.2, -0.15) is 5.10 Å². The Morgan fingerprint density at radius 1 is 1.17 bits per heavy atom. The molecule has 0 aliphatic rings. The van der Waals surface area contributed by atoms with Crippen molar-refractivity contribution >= 4 is 18.0 Å². The van der Waals surface area contributed by atoms with Gasteiger partial charge in [-0.3, -0.25) is 9.59 Å². The van der Waals surface area contributed by atoms with E-state index in [1.807, 2.05) is 35.8 Å². The van der Waals surface area contributed by atoms with Crippen molar-refractivity contribution in [2.45, 2.75) is 6.61 Å². The van der Waals surface area contributed by atoms with E-state index in [1.165, 1.54) is 6.21 Å². The van der Waals surface area contributed by atoms with E-state index < -0.39 is 11.8 Å². The zero-order chi connectivity index (χ0) is 17.4. The van der Waals surface area contributed by atoms with Gasteiger partial charge in [0.1, 0.15) is 6.61 Å². The molecule has 2 aromatic rings. The van der Waals surface area contributed by atoms with Gasteiger partial charge in [0.25, 0.3) is 0 Å². The quantitative estimate of drug-likeness (QED) is 0.473. The molecule has 0 unspecified atom stereocenters. The monoisotopic (exact) mass is 327 g/mol. The minimum atomic E-state index is -1.10. The van der Waals surface area contributed by atoms with Crippen LogP contribution in [0.3, 0.4) is 0 Å². The lowest BCUT2D eigenvalue weighted by atomic mass is 10.2. The number of nitrogens with one attached hydrogen (secondary N) is 1. The van der Waals surface area contributed by atoms with Crippen molar-refractivity contribution in [2.75, 3.05) is 7.11 Å². The first-order chi connectivity index (χ1) is 11.6. The Labute approximate surface area is 139 Å². The van der Waals surface area contributed by atoms with Crippen LogP contribution in [0.2, 0.25) is 0 Å². The van der Waals surface area contributed by atoms with E-state index in [2.05, 4.69) is 5.10 Å². The first kappa shape index (κ1) is 17.0. The van der Waals surface area contributed by atoms with Crippen molar-refractivity contribution in [3.63, 3.8) is 0 Å². The summed E-state index contributed by atoms with van der Waals surface area (Å²) < 4.78 is 11.0. The maximum absolute atomic E-state index is 11.0. The van der Waals surface area contributed by atoms with Gasteiger partial charge in [-0.15, -0.1) is 0 Å². The number of amides is 2. The van der Waals surface area contributed by atoms with Crippen molar-refractivity contribution in [3.8, 4) is 11.5 Å². The molecule has 0 saturated carbocycles. The number of methoxy groups -OCH3 is 1. The summed E-state index contributed by atoms with van der Waals surface area (Å²) in [5, 5.41) is 3.66. The molecule has 0 radical (unpaired) electrons. The van der Waals surface area contributed by atoms with E-state index in [0.717, 1.165) is 5.56 Å². The van der Waals surface area contributed by atoms with Gasteiger partial charge < -0.3 is 15.2 Å². The summed E-state index contributed by atoms with van der Waals surface area (Å²) >= 11 is 0. The Hall–Kier alpha value is -3.35. The standard InChI is InChI=1S/C17H17N3O4/c1-23-14-8-7-13(10-19-20-17(22)16(18)21)9-15(14)24-11-12-5-3-2-4-6-12/h2-10H,11H2,1H3,(H2,18,21)(H,20,22)/b19-10+. The van der Waals surface area contributed by atoms with E-state index in [-0.39, 0.29) is 0 Å². The molecule has 0 bridgehead atoms. The predicted octanol–water partition coefficient (Wildman–Crippen LogP) is 1.21. The summed E-state index contributed by atoms with van der Waals surface area (Å²) in [7, 11) is 1.55. The number of hydrazone groups is 1. The number of ether oxygens (including phenoxy) is 2. The van der Waals surface area contributed by atoms with Crippen LogP contribution in [-0.2, 0) is 16.2 Å². The molecule has 0 spiro atoms. The van der Waals surface area contributed by atoms with Gasteiger partial charge >= 0.3 is 11.8 Å². The molecule has 2 rings (SSSR count). The largest absolute Gasteiger partial charge is 0.493 e. The molecule has 0 fully saturated rings. The molecule has 0 atom stereocenters. The maximum Gasteiger partial charge on any atom is 0.329 e. The SMILES string of the molecule is COc1ccc(/C=N/NC(=O)C(N)=O)cc1OCc1ccccc1. The Balaban J connectivity index is 2.07. The second-order valence-electron chi connectivity index (χ2n) is 4.75. The number of nitrogens with zero attached hydrogens (tertiary/aromatic N) is 1. The highest BCUT2D eigenvalue weighted by Crippen LogP contribution is 2.28. The van der Waals surface area contributed by atoms with E-state index in [4.69, 9.17) is 15.2 Å². The zero-order valence-corrected chi connectivity index (χ0v) is 13.1. The molecular formula is C17H17N3O4. The first-order valence-corrected chi connectivity index (χ1v) is 7.07. The molecule has 0 aliphatic heterocycles. The van der Waals surface area contributed by atoms with Gasteiger partial charge in [0.2, 0.25) is 0 Å². The fourth-order valence-corrected chi connectivity index (χ4v) is 1.84. The predicted molar refractivity (Wildman–Crippen MR) is 88.7 cm³/mol. The Bertz CT molecular complexity index is 745. The van der Waals surface area contributed by atoms with Crippen LogP contribution in [0, 0.1) is 0 Å². The molecule has 24 heavy (non-hydrogen) atoms. The van der Waals surface area contributed by atoms with Gasteiger partial charge in [0.15, 0.2) is 11.5 Å². The van der Waals surface area contributed by atoms with Crippen LogP contribution in [0.1, 0.15) is 11.1 Å². The van der Waals surface area contributed by atoms with E-state index in [9.17, 15) is 9.59 Å². The van der Waals surface area contributed by atoms with Gasteiger partial charge in [-0.05, 0) is 29.3 Å². The first-order valence-electron chi connectivity index (χ1n) is 7.07. The molecule has 0 aromatic heterocycles. The van der Waals surface area contributed by atoms with Crippen LogP contribution < -0.4 is 20.6 Å². The molecule has 7 nitrogen and oxygen atoms in total. The molecule has 0 saturated heterocycles. The average molecular weight is 327 g/mol. The lowest BCUT2D eigenvalue weighted by Crippen LogP contribution is -2.32. The normalized spacial score (nSPS) is 10.4. The average Bonchev–Trinajstić information content (AvgIpc) is 2.60. The second kappa shape index (κ2) is 8.33. The highest BCUT2D eigenvalue weighted by Gasteiger charge is 2.07. The third-order valence-electron chi connectivity index (χ3n) is 3.03. The van der Waals surface area contributed by atoms with Crippen LogP contribution in [-0.4, -0.2) is 25.1 Å². The number of rotatable bonds is 6. The van der Waals surface area contributed by atoms with Crippen molar-refractivity contribution in [1.82, 2.24) is 5.43 Å². The number of carbonyl (C=O) groups excluding carboxylic acids is 2. The third-order valence-corrected chi connectivity index (χ3v) is 3.03. The Kier molecular flexibility index (Phi) is 5.90. The van der Waals surface area contributed by atoms with Crippen molar-refractivity contribution < 1.29 is 19.1 Å². The molecule has 2 amide bonds. The van der Waals surface area contributed by atoms with Gasteiger partial charge in [0.05, 0.1) is 13.3 Å². The van der Waals surface area contributed by atoms with Crippen LogP contribution in [0.5, 0.6) is 11.5 Å². The molecule has 2 aromatic carbocycles. The van der Waals surface area contributed by atoms with E-state index in [0.29, 0.717) is 23.7 Å². The minimum absolute atomic E-state index is 0.385. The summed E-state index contributed by atoms with van der Waals surface area (Å²) in [6, 6.07) is 14.9. The van der Waals surface area contributed by atoms with E-state index >= 15 is 0 Å². The summed E-state index contributed by atoms with van der Waals surface area (Å²) in [5.74, 6) is -0.982. The van der Waals surface area contributed by atoms with Crippen LogP contribution in [0.15, 0.2) is 53.6 Å². The second-order valence-corrected chi connectivity index (χ2v) is 4.75. The highest BCUT2D eigenvalue weighted by molar-refractivity contribution is 6.34. The van der Waals surface area contributed by atoms with E-state index in [1.54, 1.807) is 25.3 Å². The highest BCUT2D eigenvalue weighted by atomic mass is 16.5.